The number of fused-ring (bicyclic) bond motifs is 1. The Kier molecular flexibility index (Phi) is 4.76. The minimum Gasteiger partial charge on any atom is -0.376 e. The molecule has 0 bridgehead atoms. The van der Waals surface area contributed by atoms with Crippen LogP contribution in [0.4, 0.5) is 14.7 Å². The largest absolute Gasteiger partial charge is 0.376 e. The van der Waals surface area contributed by atoms with Gasteiger partial charge in [-0.3, -0.25) is 9.36 Å². The molecular formula is C19H19F2N5O2. The van der Waals surface area contributed by atoms with Gasteiger partial charge in [0, 0.05) is 32.3 Å². The Labute approximate surface area is 159 Å². The van der Waals surface area contributed by atoms with E-state index in [2.05, 4.69) is 15.0 Å². The van der Waals surface area contributed by atoms with Gasteiger partial charge >= 0.3 is 0 Å². The Balaban J connectivity index is 1.95. The zero-order valence-corrected chi connectivity index (χ0v) is 15.5. The molecular weight excluding hydrogens is 368 g/mol. The van der Waals surface area contributed by atoms with E-state index in [9.17, 15) is 13.6 Å². The van der Waals surface area contributed by atoms with E-state index in [1.165, 1.54) is 10.8 Å². The molecule has 0 radical (unpaired) electrons. The van der Waals surface area contributed by atoms with Crippen molar-refractivity contribution in [2.45, 2.75) is 25.5 Å². The number of hydrogen-bond donors (Lipinski definition) is 0. The Bertz CT molecular complexity index is 1070. The van der Waals surface area contributed by atoms with Crippen molar-refractivity contribution in [3.05, 3.63) is 46.4 Å². The molecule has 1 aliphatic rings. The van der Waals surface area contributed by atoms with Gasteiger partial charge in [0.15, 0.2) is 5.65 Å². The van der Waals surface area contributed by atoms with Gasteiger partial charge in [0.2, 0.25) is 5.95 Å². The molecule has 0 spiro atoms. The van der Waals surface area contributed by atoms with E-state index in [1.54, 1.807) is 19.0 Å². The third kappa shape index (κ3) is 3.45. The van der Waals surface area contributed by atoms with Crippen LogP contribution >= 0.6 is 0 Å². The lowest BCUT2D eigenvalue weighted by Crippen LogP contribution is -2.30. The van der Waals surface area contributed by atoms with Crippen LogP contribution in [0.15, 0.2) is 29.2 Å². The predicted molar refractivity (Wildman–Crippen MR) is 100 cm³/mol. The first-order valence-corrected chi connectivity index (χ1v) is 8.95. The van der Waals surface area contributed by atoms with Crippen molar-refractivity contribution in [3.8, 4) is 11.3 Å². The fraction of sp³-hybridized carbons (Fsp3) is 0.368. The highest BCUT2D eigenvalue weighted by Gasteiger charge is 2.22. The van der Waals surface area contributed by atoms with Gasteiger partial charge in [-0.15, -0.1) is 0 Å². The smallest absolute Gasteiger partial charge is 0.278 e. The molecule has 3 aromatic rings. The molecule has 1 aromatic carbocycles. The summed E-state index contributed by atoms with van der Waals surface area (Å²) >= 11 is 0. The molecule has 28 heavy (non-hydrogen) atoms. The summed E-state index contributed by atoms with van der Waals surface area (Å²) in [4.78, 5) is 27.9. The van der Waals surface area contributed by atoms with Crippen LogP contribution in [0.2, 0.25) is 0 Å². The summed E-state index contributed by atoms with van der Waals surface area (Å²) in [5.74, 6) is -1.12. The van der Waals surface area contributed by atoms with E-state index in [4.69, 9.17) is 4.74 Å². The Hall–Kier alpha value is -2.94. The maximum absolute atomic E-state index is 13.7. The third-order valence-corrected chi connectivity index (χ3v) is 4.62. The quantitative estimate of drug-likeness (QED) is 0.684. The number of halogens is 2. The van der Waals surface area contributed by atoms with Crippen LogP contribution in [0.25, 0.3) is 22.4 Å². The van der Waals surface area contributed by atoms with Crippen molar-refractivity contribution in [2.75, 3.05) is 25.6 Å². The van der Waals surface area contributed by atoms with Crippen LogP contribution in [-0.4, -0.2) is 46.3 Å². The highest BCUT2D eigenvalue weighted by molar-refractivity contribution is 5.74. The average molecular weight is 387 g/mol. The molecule has 0 unspecified atom stereocenters. The molecule has 1 aliphatic heterocycles. The van der Waals surface area contributed by atoms with E-state index >= 15 is 0 Å². The van der Waals surface area contributed by atoms with Crippen LogP contribution in [-0.2, 0) is 11.3 Å². The number of rotatable bonds is 4. The molecule has 4 rings (SSSR count). The number of anilines is 1. The van der Waals surface area contributed by atoms with Crippen LogP contribution in [0.3, 0.4) is 0 Å². The lowest BCUT2D eigenvalue weighted by molar-refractivity contribution is 0.0971. The van der Waals surface area contributed by atoms with Crippen molar-refractivity contribution in [1.29, 1.82) is 0 Å². The maximum Gasteiger partial charge on any atom is 0.278 e. The summed E-state index contributed by atoms with van der Waals surface area (Å²) < 4.78 is 34.5. The third-order valence-electron chi connectivity index (χ3n) is 4.62. The van der Waals surface area contributed by atoms with Crippen molar-refractivity contribution >= 4 is 17.1 Å². The Morgan fingerprint density at radius 3 is 2.61 bits per heavy atom. The van der Waals surface area contributed by atoms with Crippen LogP contribution in [0.1, 0.15) is 12.8 Å². The van der Waals surface area contributed by atoms with Gasteiger partial charge < -0.3 is 9.64 Å². The van der Waals surface area contributed by atoms with E-state index in [0.717, 1.165) is 31.0 Å². The van der Waals surface area contributed by atoms with Crippen molar-refractivity contribution in [3.63, 3.8) is 0 Å². The minimum atomic E-state index is -0.777. The fourth-order valence-corrected chi connectivity index (χ4v) is 3.28. The summed E-state index contributed by atoms with van der Waals surface area (Å²) in [5, 5.41) is 0. The molecule has 9 heteroatoms. The number of ether oxygens (including phenoxy) is 1. The summed E-state index contributed by atoms with van der Waals surface area (Å²) in [6.45, 7) is 0.925. The van der Waals surface area contributed by atoms with E-state index < -0.39 is 17.2 Å². The van der Waals surface area contributed by atoms with E-state index in [0.29, 0.717) is 23.7 Å². The van der Waals surface area contributed by atoms with Crippen molar-refractivity contribution < 1.29 is 13.5 Å². The summed E-state index contributed by atoms with van der Waals surface area (Å²) in [5.41, 5.74) is 0.270. The number of nitrogens with zero attached hydrogens (tertiary/aromatic N) is 5. The highest BCUT2D eigenvalue weighted by Crippen LogP contribution is 2.21. The molecule has 146 valence electrons. The van der Waals surface area contributed by atoms with Gasteiger partial charge in [-0.25, -0.2) is 18.7 Å². The summed E-state index contributed by atoms with van der Waals surface area (Å²) in [6.07, 6.45) is 3.12. The molecule has 1 fully saturated rings. The van der Waals surface area contributed by atoms with Gasteiger partial charge in [-0.05, 0) is 25.0 Å². The molecule has 0 amide bonds. The Morgan fingerprint density at radius 2 is 1.96 bits per heavy atom. The molecule has 7 nitrogen and oxygen atoms in total. The zero-order chi connectivity index (χ0) is 19.8. The molecule has 2 aromatic heterocycles. The second kappa shape index (κ2) is 7.23. The summed E-state index contributed by atoms with van der Waals surface area (Å²) in [6, 6.07) is 2.93. The van der Waals surface area contributed by atoms with Gasteiger partial charge in [-0.2, -0.15) is 4.98 Å². The SMILES string of the molecule is CN(C)c1ncc2nc(-c3cc(F)cc(F)c3)c(=O)n(C[C@H]3CCCO3)c2n1. The van der Waals surface area contributed by atoms with Gasteiger partial charge in [0.1, 0.15) is 22.8 Å². The van der Waals surface area contributed by atoms with Gasteiger partial charge in [-0.1, -0.05) is 0 Å². The first kappa shape index (κ1) is 18.4. The topological polar surface area (TPSA) is 73.1 Å². The van der Waals surface area contributed by atoms with Crippen LogP contribution in [0.5, 0.6) is 0 Å². The monoisotopic (exact) mass is 387 g/mol. The number of hydrogen-bond acceptors (Lipinski definition) is 6. The van der Waals surface area contributed by atoms with E-state index in [-0.39, 0.29) is 23.9 Å². The normalized spacial score (nSPS) is 16.6. The molecule has 1 atom stereocenters. The second-order valence-corrected chi connectivity index (χ2v) is 6.94. The Morgan fingerprint density at radius 1 is 1.21 bits per heavy atom. The lowest BCUT2D eigenvalue weighted by atomic mass is 10.1. The highest BCUT2D eigenvalue weighted by atomic mass is 19.1. The van der Waals surface area contributed by atoms with Crippen molar-refractivity contribution in [2.24, 2.45) is 0 Å². The van der Waals surface area contributed by atoms with Crippen LogP contribution in [0, 0.1) is 11.6 Å². The minimum absolute atomic E-state index is 0.0508. The number of benzene rings is 1. The molecule has 0 aliphatic carbocycles. The maximum atomic E-state index is 13.7. The van der Waals surface area contributed by atoms with Crippen LogP contribution < -0.4 is 10.5 Å². The van der Waals surface area contributed by atoms with Gasteiger partial charge in [0.05, 0.1) is 18.8 Å². The standard InChI is InChI=1S/C19H19F2N5O2/c1-25(2)19-22-9-15-17(24-19)26(10-14-4-3-5-28-14)18(27)16(23-15)11-6-12(20)8-13(21)7-11/h6-9,14H,3-5,10H2,1-2H3/t14-/m1/s1. The zero-order valence-electron chi connectivity index (χ0n) is 15.5. The summed E-state index contributed by atoms with van der Waals surface area (Å²) in [7, 11) is 3.59. The molecule has 1 saturated heterocycles. The lowest BCUT2D eigenvalue weighted by Gasteiger charge is -2.17. The molecule has 0 N–H and O–H groups in total. The second-order valence-electron chi connectivity index (χ2n) is 6.94. The van der Waals surface area contributed by atoms with Gasteiger partial charge in [0.25, 0.3) is 5.56 Å². The average Bonchev–Trinajstić information content (AvgIpc) is 3.15. The number of aromatic nitrogens is 4. The molecule has 0 saturated carbocycles. The van der Waals surface area contributed by atoms with Crippen molar-refractivity contribution in [1.82, 2.24) is 19.5 Å². The fourth-order valence-electron chi connectivity index (χ4n) is 3.28. The molecule has 3 heterocycles. The first-order valence-electron chi connectivity index (χ1n) is 8.95. The predicted octanol–water partition coefficient (Wildman–Crippen LogP) is 2.38. The first-order chi connectivity index (χ1) is 13.4. The van der Waals surface area contributed by atoms with E-state index in [1.807, 2.05) is 0 Å².